The maximum atomic E-state index is 13.2. The number of urea groups is 1. The van der Waals surface area contributed by atoms with Crippen molar-refractivity contribution >= 4 is 23.8 Å². The topological polar surface area (TPSA) is 105 Å². The van der Waals surface area contributed by atoms with E-state index in [0.29, 0.717) is 25.7 Å². The summed E-state index contributed by atoms with van der Waals surface area (Å²) in [5.74, 6) is -1.44. The molecule has 1 aliphatic heterocycles. The highest BCUT2D eigenvalue weighted by atomic mass is 16.5. The number of methoxy groups -OCH3 is 1. The number of fused-ring (bicyclic) bond motifs is 2. The first-order chi connectivity index (χ1) is 13.9. The third kappa shape index (κ3) is 3.07. The van der Waals surface area contributed by atoms with Gasteiger partial charge in [-0.1, -0.05) is 43.5 Å². The fourth-order valence-corrected chi connectivity index (χ4v) is 4.91. The van der Waals surface area contributed by atoms with E-state index in [1.807, 2.05) is 24.3 Å². The van der Waals surface area contributed by atoms with Gasteiger partial charge in [0.15, 0.2) is 0 Å². The van der Waals surface area contributed by atoms with Crippen LogP contribution in [0.15, 0.2) is 24.3 Å². The Hall–Kier alpha value is -2.90. The van der Waals surface area contributed by atoms with E-state index in [4.69, 9.17) is 4.74 Å². The molecular weight excluding hydrogens is 374 g/mol. The van der Waals surface area contributed by atoms with Crippen molar-refractivity contribution in [3.63, 3.8) is 0 Å². The van der Waals surface area contributed by atoms with Crippen LogP contribution in [0.3, 0.4) is 0 Å². The standard InChI is InChI=1S/C21H25N3O5/c1-29-18(27)20(10-5-2-6-11-20)22-16(25)13-24-17(26)21(23-19(24)28)12-9-14-7-3-4-8-15(14)21/h3-4,7-8H,2,5-6,9-13H2,1H3,(H,22,25)(H,23,28). The molecule has 0 aromatic heterocycles. The summed E-state index contributed by atoms with van der Waals surface area (Å²) in [4.78, 5) is 51.8. The molecule has 2 N–H and O–H groups in total. The van der Waals surface area contributed by atoms with E-state index < -0.39 is 41.4 Å². The monoisotopic (exact) mass is 399 g/mol. The van der Waals surface area contributed by atoms with Crippen LogP contribution in [0.25, 0.3) is 0 Å². The highest BCUT2D eigenvalue weighted by molar-refractivity contribution is 6.10. The molecular formula is C21H25N3O5. The molecule has 1 saturated carbocycles. The SMILES string of the molecule is COC(=O)C1(NC(=O)CN2C(=O)NC3(CCc4ccccc43)C2=O)CCCCC1. The summed E-state index contributed by atoms with van der Waals surface area (Å²) in [6.07, 6.45) is 4.74. The number of hydrogen-bond donors (Lipinski definition) is 2. The van der Waals surface area contributed by atoms with Crippen molar-refractivity contribution in [1.82, 2.24) is 15.5 Å². The molecule has 154 valence electrons. The zero-order valence-electron chi connectivity index (χ0n) is 16.5. The van der Waals surface area contributed by atoms with Gasteiger partial charge in [0.1, 0.15) is 17.6 Å². The van der Waals surface area contributed by atoms with Gasteiger partial charge in [0.2, 0.25) is 5.91 Å². The summed E-state index contributed by atoms with van der Waals surface area (Å²) in [5.41, 5.74) is -0.362. The van der Waals surface area contributed by atoms with Gasteiger partial charge < -0.3 is 15.4 Å². The maximum Gasteiger partial charge on any atom is 0.331 e. The minimum Gasteiger partial charge on any atom is -0.467 e. The molecule has 0 bridgehead atoms. The average molecular weight is 399 g/mol. The van der Waals surface area contributed by atoms with Gasteiger partial charge in [-0.25, -0.2) is 9.59 Å². The molecule has 1 unspecified atom stereocenters. The number of carbonyl (C=O) groups excluding carboxylic acids is 4. The van der Waals surface area contributed by atoms with Crippen molar-refractivity contribution in [3.05, 3.63) is 35.4 Å². The highest BCUT2D eigenvalue weighted by Crippen LogP contribution is 2.41. The Kier molecular flexibility index (Phi) is 4.80. The highest BCUT2D eigenvalue weighted by Gasteiger charge is 2.55. The first kappa shape index (κ1) is 19.4. The Labute approximate surface area is 169 Å². The molecule has 29 heavy (non-hydrogen) atoms. The second-order valence-electron chi connectivity index (χ2n) is 8.07. The predicted molar refractivity (Wildman–Crippen MR) is 103 cm³/mol. The van der Waals surface area contributed by atoms with E-state index in [9.17, 15) is 19.2 Å². The van der Waals surface area contributed by atoms with Gasteiger partial charge in [0, 0.05) is 0 Å². The number of esters is 1. The van der Waals surface area contributed by atoms with Crippen LogP contribution in [0.2, 0.25) is 0 Å². The molecule has 1 saturated heterocycles. The molecule has 4 rings (SSSR count). The molecule has 4 amide bonds. The molecule has 0 radical (unpaired) electrons. The minimum absolute atomic E-state index is 0.418. The van der Waals surface area contributed by atoms with Crippen molar-refractivity contribution in [3.8, 4) is 0 Å². The fraction of sp³-hybridized carbons (Fsp3) is 0.524. The second-order valence-corrected chi connectivity index (χ2v) is 8.07. The predicted octanol–water partition coefficient (Wildman–Crippen LogP) is 1.37. The van der Waals surface area contributed by atoms with Gasteiger partial charge in [-0.05, 0) is 36.8 Å². The van der Waals surface area contributed by atoms with Gasteiger partial charge in [0.25, 0.3) is 5.91 Å². The average Bonchev–Trinajstić information content (AvgIpc) is 3.21. The summed E-state index contributed by atoms with van der Waals surface area (Å²) >= 11 is 0. The lowest BCUT2D eigenvalue weighted by molar-refractivity contribution is -0.152. The first-order valence-corrected chi connectivity index (χ1v) is 10.0. The summed E-state index contributed by atoms with van der Waals surface area (Å²) < 4.78 is 4.91. The van der Waals surface area contributed by atoms with E-state index in [-0.39, 0.29) is 0 Å². The number of nitrogens with zero attached hydrogens (tertiary/aromatic N) is 1. The minimum atomic E-state index is -1.10. The van der Waals surface area contributed by atoms with Gasteiger partial charge in [0.05, 0.1) is 7.11 Å². The summed E-state index contributed by atoms with van der Waals surface area (Å²) in [6, 6.07) is 6.95. The Bertz CT molecular complexity index is 877. The van der Waals surface area contributed by atoms with Gasteiger partial charge >= 0.3 is 12.0 Å². The van der Waals surface area contributed by atoms with Crippen LogP contribution in [-0.2, 0) is 31.1 Å². The lowest BCUT2D eigenvalue weighted by Gasteiger charge is -2.35. The number of ether oxygens (including phenoxy) is 1. The van der Waals surface area contributed by atoms with Crippen molar-refractivity contribution in [2.75, 3.05) is 13.7 Å². The number of imide groups is 1. The number of benzene rings is 1. The molecule has 1 spiro atoms. The largest absolute Gasteiger partial charge is 0.467 e. The van der Waals surface area contributed by atoms with Gasteiger partial charge in [-0.3, -0.25) is 14.5 Å². The number of amides is 4. The second kappa shape index (κ2) is 7.17. The smallest absolute Gasteiger partial charge is 0.331 e. The number of aryl methyl sites for hydroxylation is 1. The Morgan fingerprint density at radius 3 is 2.59 bits per heavy atom. The van der Waals surface area contributed by atoms with E-state index in [1.54, 1.807) is 0 Å². The zero-order valence-corrected chi connectivity index (χ0v) is 16.5. The zero-order chi connectivity index (χ0) is 20.6. The molecule has 1 aromatic carbocycles. The fourth-order valence-electron chi connectivity index (χ4n) is 4.91. The number of hydrogen-bond acceptors (Lipinski definition) is 5. The van der Waals surface area contributed by atoms with Crippen LogP contribution < -0.4 is 10.6 Å². The molecule has 3 aliphatic rings. The molecule has 8 heteroatoms. The van der Waals surface area contributed by atoms with Crippen LogP contribution in [0.1, 0.15) is 49.7 Å². The van der Waals surface area contributed by atoms with Gasteiger partial charge in [-0.2, -0.15) is 0 Å². The van der Waals surface area contributed by atoms with E-state index >= 15 is 0 Å². The van der Waals surface area contributed by atoms with E-state index in [0.717, 1.165) is 35.3 Å². The Balaban J connectivity index is 1.51. The first-order valence-electron chi connectivity index (χ1n) is 10.0. The van der Waals surface area contributed by atoms with E-state index in [2.05, 4.69) is 10.6 Å². The van der Waals surface area contributed by atoms with Crippen LogP contribution in [0.5, 0.6) is 0 Å². The molecule has 2 aliphatic carbocycles. The normalized spacial score (nSPS) is 24.9. The van der Waals surface area contributed by atoms with Crippen LogP contribution >= 0.6 is 0 Å². The molecule has 1 aromatic rings. The summed E-state index contributed by atoms with van der Waals surface area (Å²) in [7, 11) is 1.30. The molecule has 1 heterocycles. The molecule has 8 nitrogen and oxygen atoms in total. The summed E-state index contributed by atoms with van der Waals surface area (Å²) in [6.45, 7) is -0.423. The van der Waals surface area contributed by atoms with Crippen molar-refractivity contribution < 1.29 is 23.9 Å². The summed E-state index contributed by atoms with van der Waals surface area (Å²) in [5, 5.41) is 5.57. The lowest BCUT2D eigenvalue weighted by Crippen LogP contribution is -2.58. The number of nitrogens with one attached hydrogen (secondary N) is 2. The molecule has 1 atom stereocenters. The maximum absolute atomic E-state index is 13.2. The third-order valence-electron chi connectivity index (χ3n) is 6.39. The molecule has 2 fully saturated rings. The van der Waals surface area contributed by atoms with Crippen molar-refractivity contribution in [1.29, 1.82) is 0 Å². The van der Waals surface area contributed by atoms with Gasteiger partial charge in [-0.15, -0.1) is 0 Å². The van der Waals surface area contributed by atoms with E-state index in [1.165, 1.54) is 7.11 Å². The number of carbonyl (C=O) groups is 4. The van der Waals surface area contributed by atoms with Crippen LogP contribution in [-0.4, -0.2) is 47.9 Å². The number of rotatable bonds is 4. The van der Waals surface area contributed by atoms with Crippen molar-refractivity contribution in [2.24, 2.45) is 0 Å². The van der Waals surface area contributed by atoms with Crippen LogP contribution in [0.4, 0.5) is 4.79 Å². The Morgan fingerprint density at radius 2 is 1.86 bits per heavy atom. The quantitative estimate of drug-likeness (QED) is 0.588. The lowest BCUT2D eigenvalue weighted by atomic mass is 9.81. The Morgan fingerprint density at radius 1 is 1.14 bits per heavy atom. The third-order valence-corrected chi connectivity index (χ3v) is 6.39. The van der Waals surface area contributed by atoms with Crippen LogP contribution in [0, 0.1) is 0 Å². The van der Waals surface area contributed by atoms with Crippen molar-refractivity contribution in [2.45, 2.75) is 56.0 Å².